The third-order valence-electron chi connectivity index (χ3n) is 2.70. The number of nitrogens with two attached hydrogens (primary N) is 1. The first-order valence-corrected chi connectivity index (χ1v) is 6.84. The zero-order valence-corrected chi connectivity index (χ0v) is 12.5. The molecule has 20 heavy (non-hydrogen) atoms. The van der Waals surface area contributed by atoms with Crippen molar-refractivity contribution in [2.75, 3.05) is 17.3 Å². The van der Waals surface area contributed by atoms with Crippen molar-refractivity contribution in [3.63, 3.8) is 0 Å². The summed E-state index contributed by atoms with van der Waals surface area (Å²) < 4.78 is 0. The van der Waals surface area contributed by atoms with E-state index in [1.807, 2.05) is 19.1 Å². The van der Waals surface area contributed by atoms with E-state index in [0.29, 0.717) is 28.2 Å². The first-order chi connectivity index (χ1) is 9.58. The lowest BCUT2D eigenvalue weighted by Gasteiger charge is -2.09. The van der Waals surface area contributed by atoms with Crippen molar-refractivity contribution in [1.29, 1.82) is 0 Å². The maximum atomic E-state index is 6.12. The van der Waals surface area contributed by atoms with Crippen LogP contribution in [0.1, 0.15) is 11.4 Å². The topological polar surface area (TPSA) is 75.9 Å². The molecule has 2 aromatic rings. The fraction of sp³-hybridized carbons (Fsp3) is 0.231. The van der Waals surface area contributed by atoms with Crippen LogP contribution in [0.25, 0.3) is 0 Å². The number of hydrogen-bond donors (Lipinski definition) is 3. The lowest BCUT2D eigenvalue weighted by atomic mass is 10.1. The summed E-state index contributed by atoms with van der Waals surface area (Å²) in [4.78, 5) is 8.40. The van der Waals surface area contributed by atoms with E-state index in [0.717, 1.165) is 17.8 Å². The zero-order valence-electron chi connectivity index (χ0n) is 11.0. The highest BCUT2D eigenvalue weighted by atomic mass is 35.5. The molecule has 106 valence electrons. The normalized spacial score (nSPS) is 10.4. The molecule has 0 atom stereocenters. The summed E-state index contributed by atoms with van der Waals surface area (Å²) in [5.41, 5.74) is 3.54. The van der Waals surface area contributed by atoms with Crippen molar-refractivity contribution < 1.29 is 0 Å². The van der Waals surface area contributed by atoms with Crippen molar-refractivity contribution in [2.45, 2.75) is 13.3 Å². The van der Waals surface area contributed by atoms with Gasteiger partial charge in [-0.2, -0.15) is 0 Å². The number of nitrogens with zero attached hydrogens (tertiary/aromatic N) is 2. The first kappa shape index (κ1) is 14.8. The Morgan fingerprint density at radius 1 is 1.15 bits per heavy atom. The van der Waals surface area contributed by atoms with Crippen molar-refractivity contribution in [3.8, 4) is 0 Å². The fourth-order valence-corrected chi connectivity index (χ4v) is 2.28. The molecular formula is C13H15Cl2N5. The molecule has 0 aliphatic heterocycles. The molecule has 0 bridgehead atoms. The SMILES string of the molecule is Cc1nc(NN)cc(NCCc2ccc(Cl)cc2Cl)n1. The summed E-state index contributed by atoms with van der Waals surface area (Å²) in [6.45, 7) is 2.50. The van der Waals surface area contributed by atoms with Crippen LogP contribution in [0.3, 0.4) is 0 Å². The number of rotatable bonds is 5. The molecule has 0 saturated heterocycles. The van der Waals surface area contributed by atoms with Crippen LogP contribution in [0.15, 0.2) is 24.3 Å². The Labute approximate surface area is 127 Å². The zero-order chi connectivity index (χ0) is 14.5. The molecule has 0 saturated carbocycles. The van der Waals surface area contributed by atoms with Crippen molar-refractivity contribution in [2.24, 2.45) is 5.84 Å². The van der Waals surface area contributed by atoms with Gasteiger partial charge in [-0.3, -0.25) is 0 Å². The molecule has 0 fully saturated rings. The van der Waals surface area contributed by atoms with E-state index < -0.39 is 0 Å². The highest BCUT2D eigenvalue weighted by molar-refractivity contribution is 6.35. The molecule has 7 heteroatoms. The number of nitrogens with one attached hydrogen (secondary N) is 2. The number of benzene rings is 1. The Hall–Kier alpha value is -1.56. The lowest BCUT2D eigenvalue weighted by molar-refractivity contribution is 0.980. The second-order valence-corrected chi connectivity index (χ2v) is 5.09. The smallest absolute Gasteiger partial charge is 0.145 e. The molecular weight excluding hydrogens is 297 g/mol. The van der Waals surface area contributed by atoms with Crippen LogP contribution in [0, 0.1) is 6.92 Å². The van der Waals surface area contributed by atoms with Crippen LogP contribution < -0.4 is 16.6 Å². The predicted molar refractivity (Wildman–Crippen MR) is 83.2 cm³/mol. The van der Waals surface area contributed by atoms with Gasteiger partial charge in [-0.25, -0.2) is 15.8 Å². The third kappa shape index (κ3) is 3.96. The van der Waals surface area contributed by atoms with E-state index >= 15 is 0 Å². The molecule has 2 rings (SSSR count). The van der Waals surface area contributed by atoms with Gasteiger partial charge in [-0.05, 0) is 31.0 Å². The molecule has 0 radical (unpaired) electrons. The third-order valence-corrected chi connectivity index (χ3v) is 3.29. The van der Waals surface area contributed by atoms with E-state index in [2.05, 4.69) is 20.7 Å². The maximum absolute atomic E-state index is 6.12. The Kier molecular flexibility index (Phi) is 5.00. The van der Waals surface area contributed by atoms with E-state index in [1.165, 1.54) is 0 Å². The Bertz CT molecular complexity index is 603. The van der Waals surface area contributed by atoms with E-state index in [4.69, 9.17) is 29.0 Å². The van der Waals surface area contributed by atoms with Gasteiger partial charge in [0.25, 0.3) is 0 Å². The maximum Gasteiger partial charge on any atom is 0.145 e. The van der Waals surface area contributed by atoms with Gasteiger partial charge in [0.15, 0.2) is 0 Å². The summed E-state index contributed by atoms with van der Waals surface area (Å²) in [5, 5.41) is 4.52. The van der Waals surface area contributed by atoms with Crippen LogP contribution in [-0.4, -0.2) is 16.5 Å². The molecule has 1 aromatic carbocycles. The van der Waals surface area contributed by atoms with Crippen molar-refractivity contribution >= 4 is 34.8 Å². The predicted octanol–water partition coefficient (Wildman–Crippen LogP) is 3.03. The number of aromatic nitrogens is 2. The average molecular weight is 312 g/mol. The number of anilines is 2. The number of hydrogen-bond acceptors (Lipinski definition) is 5. The minimum atomic E-state index is 0.574. The summed E-state index contributed by atoms with van der Waals surface area (Å²) in [7, 11) is 0. The molecule has 0 unspecified atom stereocenters. The average Bonchev–Trinajstić information content (AvgIpc) is 2.40. The quantitative estimate of drug-likeness (QED) is 0.584. The van der Waals surface area contributed by atoms with Gasteiger partial charge in [0, 0.05) is 22.7 Å². The summed E-state index contributed by atoms with van der Waals surface area (Å²) >= 11 is 12.0. The summed E-state index contributed by atoms with van der Waals surface area (Å²) in [6.07, 6.45) is 0.768. The van der Waals surface area contributed by atoms with Crippen LogP contribution in [0.2, 0.25) is 10.0 Å². The van der Waals surface area contributed by atoms with E-state index in [-0.39, 0.29) is 0 Å². The largest absolute Gasteiger partial charge is 0.370 e. The minimum absolute atomic E-state index is 0.574. The van der Waals surface area contributed by atoms with Gasteiger partial charge < -0.3 is 10.7 Å². The minimum Gasteiger partial charge on any atom is -0.370 e. The molecule has 0 aliphatic rings. The highest BCUT2D eigenvalue weighted by Crippen LogP contribution is 2.21. The monoisotopic (exact) mass is 311 g/mol. The van der Waals surface area contributed by atoms with E-state index in [1.54, 1.807) is 12.1 Å². The van der Waals surface area contributed by atoms with Crippen LogP contribution in [0.4, 0.5) is 11.6 Å². The molecule has 1 aromatic heterocycles. The van der Waals surface area contributed by atoms with Gasteiger partial charge in [0.1, 0.15) is 17.5 Å². The lowest BCUT2D eigenvalue weighted by Crippen LogP contribution is -2.12. The number of nitrogen functional groups attached to an aromatic ring is 1. The molecule has 0 spiro atoms. The first-order valence-electron chi connectivity index (χ1n) is 6.08. The second-order valence-electron chi connectivity index (χ2n) is 4.24. The van der Waals surface area contributed by atoms with Gasteiger partial charge in [0.05, 0.1) is 0 Å². The number of halogens is 2. The molecule has 0 aliphatic carbocycles. The molecule has 0 amide bonds. The van der Waals surface area contributed by atoms with E-state index in [9.17, 15) is 0 Å². The van der Waals surface area contributed by atoms with Crippen LogP contribution in [0.5, 0.6) is 0 Å². The fourth-order valence-electron chi connectivity index (χ4n) is 1.78. The van der Waals surface area contributed by atoms with Gasteiger partial charge in [-0.1, -0.05) is 29.3 Å². The standard InChI is InChI=1S/C13H15Cl2N5/c1-8-18-12(7-13(19-8)20-16)17-5-4-9-2-3-10(14)6-11(9)15/h2-3,6-7H,4-5,16H2,1H3,(H2,17,18,19,20). The molecule has 5 nitrogen and oxygen atoms in total. The Morgan fingerprint density at radius 3 is 2.60 bits per heavy atom. The van der Waals surface area contributed by atoms with Crippen molar-refractivity contribution in [1.82, 2.24) is 9.97 Å². The van der Waals surface area contributed by atoms with Gasteiger partial charge in [0.2, 0.25) is 0 Å². The second kappa shape index (κ2) is 6.74. The molecule has 1 heterocycles. The summed E-state index contributed by atoms with van der Waals surface area (Å²) in [5.74, 6) is 7.28. The van der Waals surface area contributed by atoms with Gasteiger partial charge >= 0.3 is 0 Å². The summed E-state index contributed by atoms with van der Waals surface area (Å²) in [6, 6.07) is 7.23. The van der Waals surface area contributed by atoms with Gasteiger partial charge in [-0.15, -0.1) is 0 Å². The number of aryl methyl sites for hydroxylation is 1. The van der Waals surface area contributed by atoms with Crippen LogP contribution in [-0.2, 0) is 6.42 Å². The van der Waals surface area contributed by atoms with Crippen LogP contribution >= 0.6 is 23.2 Å². The number of hydrazine groups is 1. The molecule has 4 N–H and O–H groups in total. The highest BCUT2D eigenvalue weighted by Gasteiger charge is 2.03. The Morgan fingerprint density at radius 2 is 1.90 bits per heavy atom. The Balaban J connectivity index is 1.97. The van der Waals surface area contributed by atoms with Crippen molar-refractivity contribution in [3.05, 3.63) is 45.7 Å².